The highest BCUT2D eigenvalue weighted by molar-refractivity contribution is 5.91. The van der Waals surface area contributed by atoms with Crippen LogP contribution in [0.4, 0.5) is 0 Å². The zero-order valence-electron chi connectivity index (χ0n) is 10.5. The molecule has 2 rings (SSSR count). The first kappa shape index (κ1) is 12.0. The van der Waals surface area contributed by atoms with Crippen molar-refractivity contribution in [3.63, 3.8) is 0 Å². The number of aryl methyl sites for hydroxylation is 1. The lowest BCUT2D eigenvalue weighted by atomic mass is 9.76. The van der Waals surface area contributed by atoms with E-state index in [-0.39, 0.29) is 5.56 Å². The summed E-state index contributed by atoms with van der Waals surface area (Å²) in [5, 5.41) is 9.14. The normalized spacial score (nSPS) is 23.0. The Labute approximate surface area is 101 Å². The summed E-state index contributed by atoms with van der Waals surface area (Å²) in [7, 11) is 1.52. The molecule has 0 saturated carbocycles. The summed E-state index contributed by atoms with van der Waals surface area (Å²) in [6.07, 6.45) is 2.09. The van der Waals surface area contributed by atoms with E-state index in [1.807, 2.05) is 6.07 Å². The maximum atomic E-state index is 11.1. The highest BCUT2D eigenvalue weighted by Gasteiger charge is 2.25. The Morgan fingerprint density at radius 1 is 1.41 bits per heavy atom. The van der Waals surface area contributed by atoms with Crippen molar-refractivity contribution in [2.75, 3.05) is 7.11 Å². The number of carboxylic acid groups (broad SMARTS) is 1. The van der Waals surface area contributed by atoms with Gasteiger partial charge in [0.1, 0.15) is 11.3 Å². The number of ether oxygens (including phenoxy) is 1. The van der Waals surface area contributed by atoms with E-state index in [1.165, 1.54) is 12.7 Å². The molecule has 0 radical (unpaired) electrons. The van der Waals surface area contributed by atoms with Crippen LogP contribution in [0.1, 0.15) is 47.7 Å². The molecular weight excluding hydrogens is 216 g/mol. The van der Waals surface area contributed by atoms with Crippen molar-refractivity contribution in [2.45, 2.75) is 32.6 Å². The smallest absolute Gasteiger partial charge is 0.339 e. The SMILES string of the molecule is COc1cc2c(cc1C(=O)O)CCC(C)C2C. The van der Waals surface area contributed by atoms with Gasteiger partial charge in [-0.1, -0.05) is 13.8 Å². The van der Waals surface area contributed by atoms with Gasteiger partial charge in [0.2, 0.25) is 0 Å². The van der Waals surface area contributed by atoms with Crippen LogP contribution in [0.15, 0.2) is 12.1 Å². The van der Waals surface area contributed by atoms with Crippen LogP contribution >= 0.6 is 0 Å². The summed E-state index contributed by atoms with van der Waals surface area (Å²) in [6, 6.07) is 3.68. The summed E-state index contributed by atoms with van der Waals surface area (Å²) < 4.78 is 5.18. The van der Waals surface area contributed by atoms with Gasteiger partial charge < -0.3 is 9.84 Å². The predicted octanol–water partition coefficient (Wildman–Crippen LogP) is 3.08. The van der Waals surface area contributed by atoms with Crippen LogP contribution in [-0.2, 0) is 6.42 Å². The molecule has 0 fully saturated rings. The quantitative estimate of drug-likeness (QED) is 0.855. The molecule has 1 aliphatic carbocycles. The van der Waals surface area contributed by atoms with Crippen molar-refractivity contribution in [2.24, 2.45) is 5.92 Å². The third-order valence-electron chi connectivity index (χ3n) is 3.90. The van der Waals surface area contributed by atoms with Crippen LogP contribution in [0.3, 0.4) is 0 Å². The highest BCUT2D eigenvalue weighted by Crippen LogP contribution is 2.38. The molecule has 1 aromatic carbocycles. The van der Waals surface area contributed by atoms with Crippen molar-refractivity contribution in [1.29, 1.82) is 0 Å². The molecule has 2 unspecified atom stereocenters. The third kappa shape index (κ3) is 2.02. The zero-order valence-corrected chi connectivity index (χ0v) is 10.5. The second-order valence-corrected chi connectivity index (χ2v) is 4.86. The Hall–Kier alpha value is -1.51. The summed E-state index contributed by atoms with van der Waals surface area (Å²) in [5.74, 6) is 0.659. The number of rotatable bonds is 2. The van der Waals surface area contributed by atoms with Crippen molar-refractivity contribution in [1.82, 2.24) is 0 Å². The van der Waals surface area contributed by atoms with Crippen molar-refractivity contribution < 1.29 is 14.6 Å². The number of hydrogen-bond donors (Lipinski definition) is 1. The van der Waals surface area contributed by atoms with Crippen LogP contribution in [0.2, 0.25) is 0 Å². The van der Waals surface area contributed by atoms with Gasteiger partial charge >= 0.3 is 5.97 Å². The summed E-state index contributed by atoms with van der Waals surface area (Å²) in [4.78, 5) is 11.1. The Kier molecular flexibility index (Phi) is 3.09. The van der Waals surface area contributed by atoms with Crippen LogP contribution in [0.25, 0.3) is 0 Å². The maximum Gasteiger partial charge on any atom is 0.339 e. The lowest BCUT2D eigenvalue weighted by Crippen LogP contribution is -2.17. The molecule has 0 saturated heterocycles. The van der Waals surface area contributed by atoms with Gasteiger partial charge in [-0.15, -0.1) is 0 Å². The largest absolute Gasteiger partial charge is 0.496 e. The van der Waals surface area contributed by atoms with E-state index >= 15 is 0 Å². The first-order chi connectivity index (χ1) is 8.04. The molecule has 92 valence electrons. The van der Waals surface area contributed by atoms with E-state index in [9.17, 15) is 4.79 Å². The topological polar surface area (TPSA) is 46.5 Å². The molecule has 1 aliphatic rings. The molecule has 3 heteroatoms. The van der Waals surface area contributed by atoms with Crippen molar-refractivity contribution in [3.8, 4) is 5.75 Å². The molecule has 0 spiro atoms. The number of carboxylic acids is 1. The molecule has 0 aromatic heterocycles. The number of hydrogen-bond acceptors (Lipinski definition) is 2. The number of carbonyl (C=O) groups is 1. The number of fused-ring (bicyclic) bond motifs is 1. The summed E-state index contributed by atoms with van der Waals surface area (Å²) >= 11 is 0. The minimum atomic E-state index is -0.920. The fourth-order valence-electron chi connectivity index (χ4n) is 2.56. The van der Waals surface area contributed by atoms with Gasteiger partial charge in [-0.05, 0) is 47.9 Å². The zero-order chi connectivity index (χ0) is 12.6. The molecule has 17 heavy (non-hydrogen) atoms. The van der Waals surface area contributed by atoms with Gasteiger partial charge in [-0.25, -0.2) is 4.79 Å². The first-order valence-electron chi connectivity index (χ1n) is 5.98. The van der Waals surface area contributed by atoms with Gasteiger partial charge in [0.15, 0.2) is 0 Å². The Morgan fingerprint density at radius 2 is 2.12 bits per heavy atom. The first-order valence-corrected chi connectivity index (χ1v) is 5.98. The van der Waals surface area contributed by atoms with Crippen LogP contribution in [-0.4, -0.2) is 18.2 Å². The number of benzene rings is 1. The summed E-state index contributed by atoms with van der Waals surface area (Å²) in [5.41, 5.74) is 2.67. The van der Waals surface area contributed by atoms with Crippen LogP contribution in [0, 0.1) is 5.92 Å². The van der Waals surface area contributed by atoms with Gasteiger partial charge in [-0.2, -0.15) is 0 Å². The van der Waals surface area contributed by atoms with E-state index < -0.39 is 5.97 Å². The van der Waals surface area contributed by atoms with Gasteiger partial charge in [0.25, 0.3) is 0 Å². The molecular formula is C14H18O3. The molecule has 0 amide bonds. The van der Waals surface area contributed by atoms with Gasteiger partial charge in [-0.3, -0.25) is 0 Å². The predicted molar refractivity (Wildman–Crippen MR) is 65.9 cm³/mol. The fourth-order valence-corrected chi connectivity index (χ4v) is 2.56. The molecule has 3 nitrogen and oxygen atoms in total. The minimum Gasteiger partial charge on any atom is -0.496 e. The standard InChI is InChI=1S/C14H18O3/c1-8-4-5-10-6-12(14(15)16)13(17-3)7-11(10)9(8)2/h6-9H,4-5H2,1-3H3,(H,15,16). The van der Waals surface area contributed by atoms with E-state index in [4.69, 9.17) is 9.84 Å². The Bertz CT molecular complexity index is 451. The molecule has 0 bridgehead atoms. The second-order valence-electron chi connectivity index (χ2n) is 4.86. The molecule has 2 atom stereocenters. The average Bonchev–Trinajstić information content (AvgIpc) is 2.32. The van der Waals surface area contributed by atoms with Crippen molar-refractivity contribution in [3.05, 3.63) is 28.8 Å². The minimum absolute atomic E-state index is 0.271. The van der Waals surface area contributed by atoms with E-state index in [2.05, 4.69) is 13.8 Å². The average molecular weight is 234 g/mol. The third-order valence-corrected chi connectivity index (χ3v) is 3.90. The Balaban J connectivity index is 2.54. The molecule has 1 aromatic rings. The molecule has 0 heterocycles. The lowest BCUT2D eigenvalue weighted by Gasteiger charge is -2.29. The van der Waals surface area contributed by atoms with E-state index in [1.54, 1.807) is 6.07 Å². The van der Waals surface area contributed by atoms with Gasteiger partial charge in [0.05, 0.1) is 7.11 Å². The van der Waals surface area contributed by atoms with Crippen LogP contribution in [0.5, 0.6) is 5.75 Å². The number of methoxy groups -OCH3 is 1. The fraction of sp³-hybridized carbons (Fsp3) is 0.500. The number of aromatic carboxylic acids is 1. The van der Waals surface area contributed by atoms with Crippen molar-refractivity contribution >= 4 is 5.97 Å². The lowest BCUT2D eigenvalue weighted by molar-refractivity contribution is 0.0693. The van der Waals surface area contributed by atoms with E-state index in [0.29, 0.717) is 17.6 Å². The van der Waals surface area contributed by atoms with Gasteiger partial charge in [0, 0.05) is 0 Å². The van der Waals surface area contributed by atoms with E-state index in [0.717, 1.165) is 18.4 Å². The maximum absolute atomic E-state index is 11.1. The molecule has 0 aliphatic heterocycles. The monoisotopic (exact) mass is 234 g/mol. The summed E-state index contributed by atoms with van der Waals surface area (Å²) in [6.45, 7) is 4.44. The molecule has 1 N–H and O–H groups in total. The second kappa shape index (κ2) is 4.40. The van der Waals surface area contributed by atoms with Crippen LogP contribution < -0.4 is 4.74 Å². The Morgan fingerprint density at radius 3 is 2.71 bits per heavy atom. The highest BCUT2D eigenvalue weighted by atomic mass is 16.5.